The molecule has 0 radical (unpaired) electrons. The molecule has 1 saturated heterocycles. The van der Waals surface area contributed by atoms with Crippen molar-refractivity contribution in [3.05, 3.63) is 28.8 Å². The van der Waals surface area contributed by atoms with Gasteiger partial charge in [-0.1, -0.05) is 31.9 Å². The Kier molecular flexibility index (Phi) is 7.88. The van der Waals surface area contributed by atoms with Crippen LogP contribution in [0.5, 0.6) is 0 Å². The molecule has 1 amide bonds. The van der Waals surface area contributed by atoms with E-state index in [1.165, 1.54) is 22.5 Å². The van der Waals surface area contributed by atoms with Crippen LogP contribution in [0.1, 0.15) is 43.5 Å². The average Bonchev–Trinajstić information content (AvgIpc) is 2.66. The average molecular weight is 402 g/mol. The highest BCUT2D eigenvalue weighted by Gasteiger charge is 2.27. The largest absolute Gasteiger partial charge is 0.351 e. The Hall–Kier alpha value is -1.15. The number of piperidine rings is 1. The first-order valence-electron chi connectivity index (χ1n) is 9.20. The van der Waals surface area contributed by atoms with Gasteiger partial charge in [0.1, 0.15) is 0 Å². The standard InChI is InChI=1S/C18H28ClN3O3S/c1-3-21(4-2)13-10-20-18(23)16-14-15(8-9-17(16)19)26(24,25)22-11-6-5-7-12-22/h8-9,14H,3-7,10-13H2,1-2H3,(H,20,23). The van der Waals surface area contributed by atoms with Gasteiger partial charge >= 0.3 is 0 Å². The predicted octanol–water partition coefficient (Wildman–Crippen LogP) is 2.59. The number of rotatable bonds is 8. The summed E-state index contributed by atoms with van der Waals surface area (Å²) < 4.78 is 27.1. The highest BCUT2D eigenvalue weighted by Crippen LogP contribution is 2.25. The maximum absolute atomic E-state index is 12.8. The van der Waals surface area contributed by atoms with Crippen LogP contribution in [0.15, 0.2) is 23.1 Å². The maximum atomic E-state index is 12.8. The molecule has 0 bridgehead atoms. The van der Waals surface area contributed by atoms with E-state index in [2.05, 4.69) is 24.1 Å². The molecular formula is C18H28ClN3O3S. The second-order valence-electron chi connectivity index (χ2n) is 6.39. The Morgan fingerprint density at radius 1 is 1.19 bits per heavy atom. The van der Waals surface area contributed by atoms with Crippen LogP contribution in [0.4, 0.5) is 0 Å². The van der Waals surface area contributed by atoms with Gasteiger partial charge in [0, 0.05) is 26.2 Å². The van der Waals surface area contributed by atoms with Gasteiger partial charge in [-0.25, -0.2) is 8.42 Å². The number of hydrogen-bond acceptors (Lipinski definition) is 4. The van der Waals surface area contributed by atoms with E-state index in [1.54, 1.807) is 0 Å². The smallest absolute Gasteiger partial charge is 0.252 e. The molecule has 1 aliphatic heterocycles. The van der Waals surface area contributed by atoms with E-state index in [1.807, 2.05) is 0 Å². The van der Waals surface area contributed by atoms with E-state index in [-0.39, 0.29) is 21.4 Å². The minimum Gasteiger partial charge on any atom is -0.351 e. The van der Waals surface area contributed by atoms with Gasteiger partial charge in [-0.3, -0.25) is 4.79 Å². The molecule has 0 atom stereocenters. The first-order chi connectivity index (χ1) is 12.4. The van der Waals surface area contributed by atoms with Gasteiger partial charge in [-0.05, 0) is 44.1 Å². The van der Waals surface area contributed by atoms with Crippen molar-refractivity contribution in [3.8, 4) is 0 Å². The predicted molar refractivity (Wildman–Crippen MR) is 104 cm³/mol. The molecule has 1 aromatic rings. The Morgan fingerprint density at radius 2 is 1.85 bits per heavy atom. The van der Waals surface area contributed by atoms with E-state index in [0.717, 1.165) is 38.9 Å². The summed E-state index contributed by atoms with van der Waals surface area (Å²) in [6.07, 6.45) is 2.78. The lowest BCUT2D eigenvalue weighted by molar-refractivity contribution is 0.0949. The SMILES string of the molecule is CCN(CC)CCNC(=O)c1cc(S(=O)(=O)N2CCCCC2)ccc1Cl. The fourth-order valence-electron chi connectivity index (χ4n) is 3.06. The summed E-state index contributed by atoms with van der Waals surface area (Å²) in [5.74, 6) is -0.349. The number of carbonyl (C=O) groups is 1. The Labute approximate surface area is 161 Å². The van der Waals surface area contributed by atoms with Crippen molar-refractivity contribution in [2.24, 2.45) is 0 Å². The number of benzene rings is 1. The number of nitrogens with zero attached hydrogens (tertiary/aromatic N) is 2. The fourth-order valence-corrected chi connectivity index (χ4v) is 4.80. The molecule has 1 aliphatic rings. The van der Waals surface area contributed by atoms with Crippen LogP contribution in [0, 0.1) is 0 Å². The number of halogens is 1. The zero-order chi connectivity index (χ0) is 19.2. The van der Waals surface area contributed by atoms with Crippen LogP contribution in [0.25, 0.3) is 0 Å². The summed E-state index contributed by atoms with van der Waals surface area (Å²) in [5.41, 5.74) is 0.198. The molecule has 1 heterocycles. The molecule has 2 rings (SSSR count). The van der Waals surface area contributed by atoms with Gasteiger partial charge in [0.25, 0.3) is 5.91 Å². The zero-order valence-electron chi connectivity index (χ0n) is 15.5. The third-order valence-electron chi connectivity index (χ3n) is 4.74. The van der Waals surface area contributed by atoms with Crippen molar-refractivity contribution < 1.29 is 13.2 Å². The molecule has 0 aliphatic carbocycles. The van der Waals surface area contributed by atoms with Gasteiger partial charge in [-0.2, -0.15) is 4.31 Å². The lowest BCUT2D eigenvalue weighted by Gasteiger charge is -2.26. The van der Waals surface area contributed by atoms with Crippen molar-refractivity contribution >= 4 is 27.5 Å². The van der Waals surface area contributed by atoms with Gasteiger partial charge in [0.2, 0.25) is 10.0 Å². The van der Waals surface area contributed by atoms with Gasteiger partial charge in [0.05, 0.1) is 15.5 Å². The third kappa shape index (κ3) is 5.19. The Balaban J connectivity index is 2.12. The van der Waals surface area contributed by atoms with Crippen molar-refractivity contribution in [2.45, 2.75) is 38.0 Å². The first kappa shape index (κ1) is 21.2. The summed E-state index contributed by atoms with van der Waals surface area (Å²) in [6.45, 7) is 8.23. The lowest BCUT2D eigenvalue weighted by atomic mass is 10.2. The molecule has 26 heavy (non-hydrogen) atoms. The van der Waals surface area contributed by atoms with Crippen LogP contribution in [0.3, 0.4) is 0 Å². The van der Waals surface area contributed by atoms with Crippen molar-refractivity contribution in [3.63, 3.8) is 0 Å². The van der Waals surface area contributed by atoms with Gasteiger partial charge in [-0.15, -0.1) is 0 Å². The van der Waals surface area contributed by atoms with Gasteiger partial charge < -0.3 is 10.2 Å². The van der Waals surface area contributed by atoms with E-state index in [0.29, 0.717) is 19.6 Å². The van der Waals surface area contributed by atoms with Crippen molar-refractivity contribution in [2.75, 3.05) is 39.3 Å². The number of amides is 1. The first-order valence-corrected chi connectivity index (χ1v) is 11.0. The summed E-state index contributed by atoms with van der Waals surface area (Å²) in [5, 5.41) is 3.08. The summed E-state index contributed by atoms with van der Waals surface area (Å²) in [4.78, 5) is 14.8. The minimum absolute atomic E-state index is 0.123. The van der Waals surface area contributed by atoms with E-state index >= 15 is 0 Å². The molecule has 1 aromatic carbocycles. The molecule has 0 saturated carbocycles. The number of sulfonamides is 1. The van der Waals surface area contributed by atoms with Crippen LogP contribution in [0.2, 0.25) is 5.02 Å². The molecule has 0 aromatic heterocycles. The number of hydrogen-bond donors (Lipinski definition) is 1. The number of carbonyl (C=O) groups excluding carboxylic acids is 1. The lowest BCUT2D eigenvalue weighted by Crippen LogP contribution is -2.36. The quantitative estimate of drug-likeness (QED) is 0.726. The number of nitrogens with one attached hydrogen (secondary N) is 1. The van der Waals surface area contributed by atoms with E-state index in [4.69, 9.17) is 11.6 Å². The Bertz CT molecular complexity index is 714. The second kappa shape index (κ2) is 9.69. The third-order valence-corrected chi connectivity index (χ3v) is 6.97. The normalized spacial score (nSPS) is 16.0. The topological polar surface area (TPSA) is 69.7 Å². The molecule has 0 spiro atoms. The zero-order valence-corrected chi connectivity index (χ0v) is 17.1. The Morgan fingerprint density at radius 3 is 2.46 bits per heavy atom. The summed E-state index contributed by atoms with van der Waals surface area (Å²) >= 11 is 6.14. The summed E-state index contributed by atoms with van der Waals surface area (Å²) in [7, 11) is -3.59. The minimum atomic E-state index is -3.59. The van der Waals surface area contributed by atoms with E-state index in [9.17, 15) is 13.2 Å². The summed E-state index contributed by atoms with van der Waals surface area (Å²) in [6, 6.07) is 4.34. The molecule has 8 heteroatoms. The second-order valence-corrected chi connectivity index (χ2v) is 8.73. The van der Waals surface area contributed by atoms with Crippen LogP contribution in [-0.4, -0.2) is 62.8 Å². The van der Waals surface area contributed by atoms with Crippen LogP contribution in [-0.2, 0) is 10.0 Å². The molecular weight excluding hydrogens is 374 g/mol. The molecule has 6 nitrogen and oxygen atoms in total. The molecule has 1 fully saturated rings. The highest BCUT2D eigenvalue weighted by atomic mass is 35.5. The van der Waals surface area contributed by atoms with Crippen LogP contribution < -0.4 is 5.32 Å². The highest BCUT2D eigenvalue weighted by molar-refractivity contribution is 7.89. The fraction of sp³-hybridized carbons (Fsp3) is 0.611. The molecule has 1 N–H and O–H groups in total. The van der Waals surface area contributed by atoms with Crippen molar-refractivity contribution in [1.29, 1.82) is 0 Å². The molecule has 0 unspecified atom stereocenters. The van der Waals surface area contributed by atoms with Gasteiger partial charge in [0.15, 0.2) is 0 Å². The van der Waals surface area contributed by atoms with E-state index < -0.39 is 10.0 Å². The maximum Gasteiger partial charge on any atom is 0.252 e. The number of likely N-dealkylation sites (N-methyl/N-ethyl adjacent to an activating group) is 1. The monoisotopic (exact) mass is 401 g/mol. The van der Waals surface area contributed by atoms with Crippen molar-refractivity contribution in [1.82, 2.24) is 14.5 Å². The van der Waals surface area contributed by atoms with Crippen LogP contribution >= 0.6 is 11.6 Å². The molecule has 146 valence electrons.